The van der Waals surface area contributed by atoms with Crippen LogP contribution in [0.3, 0.4) is 0 Å². The number of nitrogens with zero attached hydrogens (tertiary/aromatic N) is 11. The molecule has 2 saturated carbocycles. The first-order valence-corrected chi connectivity index (χ1v) is 26.2. The van der Waals surface area contributed by atoms with E-state index in [2.05, 4.69) is 102 Å². The van der Waals surface area contributed by atoms with Crippen LogP contribution in [0.2, 0.25) is 0 Å². The second kappa shape index (κ2) is 21.5. The second-order valence-corrected chi connectivity index (χ2v) is 20.9. The number of ether oxygens (including phenoxy) is 1. The lowest BCUT2D eigenvalue weighted by Crippen LogP contribution is -2.36. The van der Waals surface area contributed by atoms with Crippen molar-refractivity contribution in [3.63, 3.8) is 0 Å². The fourth-order valence-corrected chi connectivity index (χ4v) is 11.4. The van der Waals surface area contributed by atoms with Gasteiger partial charge in [-0.05, 0) is 98.6 Å². The van der Waals surface area contributed by atoms with E-state index in [0.717, 1.165) is 105 Å². The lowest BCUT2D eigenvalue weighted by atomic mass is 9.87. The smallest absolute Gasteiger partial charge is 0.310 e. The quantitative estimate of drug-likeness (QED) is 0.104. The molecule has 2 aliphatic carbocycles. The SMILES string of the molecule is CC(=O)N1Cc2ccc(Nc3ncc4c5ccncc5n(C5CCC(C)CC5)c4n3)nc2C(C)C1.CC(=O)OC(C)=O.CC1CCC(n2c3cnccc3c3cnc(Nc4ccc5c(n4)C(C)CNC5)nc32)CC1. The van der Waals surface area contributed by atoms with E-state index in [0.29, 0.717) is 43.0 Å². The minimum Gasteiger partial charge on any atom is -0.394 e. The van der Waals surface area contributed by atoms with Crippen LogP contribution in [0.15, 0.2) is 73.6 Å². The maximum atomic E-state index is 11.9. The number of carbonyl (C=O) groups excluding carboxylic acids is 3. The largest absolute Gasteiger partial charge is 0.394 e. The van der Waals surface area contributed by atoms with Gasteiger partial charge in [-0.25, -0.2) is 19.9 Å². The van der Waals surface area contributed by atoms with Crippen LogP contribution >= 0.6 is 0 Å². The molecule has 10 heterocycles. The number of esters is 2. The Labute approximate surface area is 430 Å². The van der Waals surface area contributed by atoms with Gasteiger partial charge in [0, 0.05) is 117 Å². The van der Waals surface area contributed by atoms with Gasteiger partial charge in [0.25, 0.3) is 0 Å². The molecule has 74 heavy (non-hydrogen) atoms. The number of fused-ring (bicyclic) bond motifs is 8. The van der Waals surface area contributed by atoms with E-state index in [-0.39, 0.29) is 11.8 Å². The number of rotatable bonds is 6. The molecular formula is C56H66N14O4. The van der Waals surface area contributed by atoms with Crippen molar-refractivity contribution < 1.29 is 19.1 Å². The number of carbonyl (C=O) groups is 3. The Hall–Kier alpha value is -7.47. The van der Waals surface area contributed by atoms with E-state index in [1.165, 1.54) is 63.3 Å². The predicted octanol–water partition coefficient (Wildman–Crippen LogP) is 10.5. The zero-order chi connectivity index (χ0) is 51.6. The Bertz CT molecular complexity index is 3360. The molecule has 2 fully saturated rings. The van der Waals surface area contributed by atoms with Crippen LogP contribution < -0.4 is 16.0 Å². The van der Waals surface area contributed by atoms with Crippen molar-refractivity contribution in [1.82, 2.24) is 59.2 Å². The van der Waals surface area contributed by atoms with Crippen LogP contribution in [-0.2, 0) is 32.2 Å². The third-order valence-electron chi connectivity index (χ3n) is 15.2. The lowest BCUT2D eigenvalue weighted by Gasteiger charge is -2.31. The van der Waals surface area contributed by atoms with E-state index in [9.17, 15) is 14.4 Å². The molecule has 12 rings (SSSR count). The number of nitrogens with one attached hydrogen (secondary N) is 3. The summed E-state index contributed by atoms with van der Waals surface area (Å²) in [5, 5.41) is 14.6. The molecule has 0 bridgehead atoms. The summed E-state index contributed by atoms with van der Waals surface area (Å²) in [6.45, 7) is 16.2. The van der Waals surface area contributed by atoms with Crippen molar-refractivity contribution in [2.45, 2.75) is 137 Å². The monoisotopic (exact) mass is 999 g/mol. The van der Waals surface area contributed by atoms with Crippen molar-refractivity contribution >= 4 is 85.3 Å². The summed E-state index contributed by atoms with van der Waals surface area (Å²) in [4.78, 5) is 71.2. The Kier molecular flexibility index (Phi) is 14.6. The van der Waals surface area contributed by atoms with Crippen molar-refractivity contribution in [3.05, 3.63) is 96.1 Å². The number of hydrogen-bond acceptors (Lipinski definition) is 15. The number of anilines is 4. The average molecular weight is 999 g/mol. The first-order valence-electron chi connectivity index (χ1n) is 26.2. The second-order valence-electron chi connectivity index (χ2n) is 20.9. The number of aromatic nitrogens is 10. The summed E-state index contributed by atoms with van der Waals surface area (Å²) in [5.41, 5.74) is 8.78. The van der Waals surface area contributed by atoms with E-state index in [1.54, 1.807) is 6.92 Å². The Morgan fingerprint density at radius 2 is 1.07 bits per heavy atom. The van der Waals surface area contributed by atoms with E-state index in [4.69, 9.17) is 19.9 Å². The van der Waals surface area contributed by atoms with Gasteiger partial charge >= 0.3 is 11.9 Å². The predicted molar refractivity (Wildman–Crippen MR) is 286 cm³/mol. The Morgan fingerprint density at radius 3 is 1.54 bits per heavy atom. The zero-order valence-electron chi connectivity index (χ0n) is 43.4. The number of hydrogen-bond donors (Lipinski definition) is 3. The third-order valence-corrected chi connectivity index (χ3v) is 15.2. The molecule has 18 nitrogen and oxygen atoms in total. The zero-order valence-corrected chi connectivity index (χ0v) is 43.4. The summed E-state index contributed by atoms with van der Waals surface area (Å²) < 4.78 is 8.76. The standard InChI is InChI=1S/C27H31N7O.C25H29N7.C4H6O3/c1-16-4-7-20(8-5-16)34-23-13-28-11-10-21(23)22-12-29-27(32-26(22)34)31-24-9-6-19-15-33(18(3)35)14-17(2)25(19)30-24;1-15-3-6-18(7-4-15)32-21-14-26-10-9-19(21)20-13-28-25(31-24(20)32)30-22-8-5-17-12-27-11-16(2)23(17)29-22;1-3(5)7-4(2)6/h6,9-13,16-17,20H,4-5,7-8,14-15H2,1-3H3,(H,29,30,31,32);5,8-10,13-16,18,27H,3-4,6-7,11-12H2,1-2H3,(H,28,29,30,31);1-2H3. The van der Waals surface area contributed by atoms with Crippen LogP contribution in [0.4, 0.5) is 23.5 Å². The first-order chi connectivity index (χ1) is 35.8. The Balaban J connectivity index is 0.000000151. The van der Waals surface area contributed by atoms with Crippen molar-refractivity contribution in [3.8, 4) is 0 Å². The van der Waals surface area contributed by atoms with Gasteiger partial charge in [0.1, 0.15) is 22.9 Å². The molecule has 2 unspecified atom stereocenters. The summed E-state index contributed by atoms with van der Waals surface area (Å²) in [6, 6.07) is 13.2. The molecule has 8 aromatic heterocycles. The molecule has 1 amide bonds. The summed E-state index contributed by atoms with van der Waals surface area (Å²) in [5.74, 6) is 3.79. The average Bonchev–Trinajstić information content (AvgIpc) is 3.89. The third kappa shape index (κ3) is 10.6. The van der Waals surface area contributed by atoms with Crippen molar-refractivity contribution in [1.29, 1.82) is 0 Å². The number of pyridine rings is 4. The van der Waals surface area contributed by atoms with E-state index < -0.39 is 11.9 Å². The van der Waals surface area contributed by atoms with Crippen LogP contribution in [0.1, 0.15) is 146 Å². The van der Waals surface area contributed by atoms with Crippen LogP contribution in [0, 0.1) is 11.8 Å². The molecule has 2 aliphatic heterocycles. The van der Waals surface area contributed by atoms with Crippen LogP contribution in [0.25, 0.3) is 43.9 Å². The molecule has 0 aromatic carbocycles. The van der Waals surface area contributed by atoms with Gasteiger partial charge in [-0.2, -0.15) is 9.97 Å². The minimum absolute atomic E-state index is 0.101. The molecule has 384 valence electrons. The van der Waals surface area contributed by atoms with Gasteiger partial charge in [-0.3, -0.25) is 24.4 Å². The maximum absolute atomic E-state index is 11.9. The summed E-state index contributed by atoms with van der Waals surface area (Å²) in [7, 11) is 0. The highest BCUT2D eigenvalue weighted by Gasteiger charge is 2.28. The van der Waals surface area contributed by atoms with E-state index in [1.807, 2.05) is 54.2 Å². The molecule has 3 N–H and O–H groups in total. The van der Waals surface area contributed by atoms with Crippen molar-refractivity contribution in [2.24, 2.45) is 11.8 Å². The Morgan fingerprint density at radius 1 is 0.581 bits per heavy atom. The number of amides is 1. The minimum atomic E-state index is -0.562. The molecule has 2 atom stereocenters. The lowest BCUT2D eigenvalue weighted by molar-refractivity contribution is -0.156. The molecule has 0 saturated heterocycles. The first kappa shape index (κ1) is 50.1. The molecule has 0 radical (unpaired) electrons. The fraction of sp³-hybridized carbons (Fsp3) is 0.446. The van der Waals surface area contributed by atoms with Crippen molar-refractivity contribution in [2.75, 3.05) is 23.7 Å². The molecule has 0 spiro atoms. The topological polar surface area (TPSA) is 213 Å². The molecule has 18 heteroatoms. The van der Waals surface area contributed by atoms with Gasteiger partial charge in [0.15, 0.2) is 0 Å². The summed E-state index contributed by atoms with van der Waals surface area (Å²) in [6.07, 6.45) is 21.2. The van der Waals surface area contributed by atoms with Crippen LogP contribution in [-0.4, -0.2) is 84.8 Å². The van der Waals surface area contributed by atoms with E-state index >= 15 is 0 Å². The highest BCUT2D eigenvalue weighted by molar-refractivity contribution is 6.07. The maximum Gasteiger partial charge on any atom is 0.310 e. The molecule has 8 aromatic rings. The van der Waals surface area contributed by atoms with Gasteiger partial charge in [0.2, 0.25) is 17.8 Å². The molecule has 4 aliphatic rings. The van der Waals surface area contributed by atoms with Crippen LogP contribution in [0.5, 0.6) is 0 Å². The highest BCUT2D eigenvalue weighted by Crippen LogP contribution is 2.40. The van der Waals surface area contributed by atoms with Gasteiger partial charge < -0.3 is 34.7 Å². The summed E-state index contributed by atoms with van der Waals surface area (Å²) >= 11 is 0. The molecular weight excluding hydrogens is 933 g/mol. The van der Waals surface area contributed by atoms with Gasteiger partial charge in [-0.15, -0.1) is 0 Å². The fourth-order valence-electron chi connectivity index (χ4n) is 11.4. The van der Waals surface area contributed by atoms with Gasteiger partial charge in [0.05, 0.1) is 34.8 Å². The highest BCUT2D eigenvalue weighted by atomic mass is 16.6. The normalized spacial score (nSPS) is 21.4. The van der Waals surface area contributed by atoms with Gasteiger partial charge in [-0.1, -0.05) is 39.8 Å².